The fourth-order valence-corrected chi connectivity index (χ4v) is 3.70. The van der Waals surface area contributed by atoms with Gasteiger partial charge in [-0.3, -0.25) is 0 Å². The van der Waals surface area contributed by atoms with Crippen molar-refractivity contribution in [2.45, 2.75) is 117 Å². The lowest BCUT2D eigenvalue weighted by Gasteiger charge is -2.38. The van der Waals surface area contributed by atoms with Gasteiger partial charge in [-0.15, -0.1) is 0 Å². The maximum absolute atomic E-state index is 6.81. The summed E-state index contributed by atoms with van der Waals surface area (Å²) in [4.78, 5) is 0. The van der Waals surface area contributed by atoms with E-state index in [1.54, 1.807) is 0 Å². The van der Waals surface area contributed by atoms with Crippen molar-refractivity contribution in [2.75, 3.05) is 0 Å². The first-order chi connectivity index (χ1) is 9.64. The number of rotatable bonds is 14. The zero-order valence-electron chi connectivity index (χ0n) is 15.3. The van der Waals surface area contributed by atoms with Crippen molar-refractivity contribution in [1.29, 1.82) is 0 Å². The van der Waals surface area contributed by atoms with Crippen LogP contribution in [-0.4, -0.2) is 11.0 Å². The Morgan fingerprint density at radius 3 is 1.67 bits per heavy atom. The molecule has 0 spiro atoms. The van der Waals surface area contributed by atoms with Crippen LogP contribution in [0.25, 0.3) is 0 Å². The van der Waals surface area contributed by atoms with Gasteiger partial charge in [0.1, 0.15) is 0 Å². The fourth-order valence-electron chi connectivity index (χ4n) is 3.70. The SMILES string of the molecule is CCCCCCCCC(CCC)C(N)(CCC)CCC.O. The van der Waals surface area contributed by atoms with Gasteiger partial charge in [0.25, 0.3) is 0 Å². The third-order valence-corrected chi connectivity index (χ3v) is 4.79. The van der Waals surface area contributed by atoms with Crippen LogP contribution in [0.3, 0.4) is 0 Å². The molecule has 0 aliphatic rings. The molecule has 1 unspecified atom stereocenters. The van der Waals surface area contributed by atoms with Crippen LogP contribution in [0.15, 0.2) is 0 Å². The molecule has 0 amide bonds. The van der Waals surface area contributed by atoms with Crippen LogP contribution >= 0.6 is 0 Å². The molecule has 0 aliphatic carbocycles. The van der Waals surface area contributed by atoms with Gasteiger partial charge in [0, 0.05) is 5.54 Å². The minimum Gasteiger partial charge on any atom is -0.412 e. The first-order valence-corrected chi connectivity index (χ1v) is 9.43. The highest BCUT2D eigenvalue weighted by Crippen LogP contribution is 2.33. The molecule has 0 rings (SSSR count). The van der Waals surface area contributed by atoms with Crippen LogP contribution in [0, 0.1) is 5.92 Å². The summed E-state index contributed by atoms with van der Waals surface area (Å²) in [6.45, 7) is 9.16. The molecule has 0 saturated carbocycles. The molecule has 2 heteroatoms. The topological polar surface area (TPSA) is 57.5 Å². The third kappa shape index (κ3) is 10.3. The van der Waals surface area contributed by atoms with Gasteiger partial charge in [0.15, 0.2) is 0 Å². The smallest absolute Gasteiger partial charge is 0.0182 e. The second kappa shape index (κ2) is 14.8. The summed E-state index contributed by atoms with van der Waals surface area (Å²) in [5.41, 5.74) is 6.93. The number of nitrogens with two attached hydrogens (primary N) is 1. The van der Waals surface area contributed by atoms with Crippen molar-refractivity contribution in [3.8, 4) is 0 Å². The molecule has 0 aromatic carbocycles. The molecule has 130 valence electrons. The van der Waals surface area contributed by atoms with Gasteiger partial charge >= 0.3 is 0 Å². The van der Waals surface area contributed by atoms with Gasteiger partial charge in [-0.05, 0) is 31.6 Å². The Bertz CT molecular complexity index is 200. The Labute approximate surface area is 134 Å². The first kappa shape index (κ1) is 23.2. The maximum Gasteiger partial charge on any atom is 0.0182 e. The first-order valence-electron chi connectivity index (χ1n) is 9.43. The van der Waals surface area contributed by atoms with E-state index in [-0.39, 0.29) is 11.0 Å². The predicted octanol–water partition coefficient (Wildman–Crippen LogP) is 5.63. The van der Waals surface area contributed by atoms with Crippen LogP contribution in [0.2, 0.25) is 0 Å². The molecule has 0 bridgehead atoms. The van der Waals surface area contributed by atoms with E-state index in [1.165, 1.54) is 83.5 Å². The second-order valence-electron chi connectivity index (χ2n) is 6.78. The Balaban J connectivity index is 0. The maximum atomic E-state index is 6.81. The Morgan fingerprint density at radius 2 is 1.19 bits per heavy atom. The monoisotopic (exact) mass is 301 g/mol. The van der Waals surface area contributed by atoms with E-state index in [4.69, 9.17) is 5.73 Å². The molecule has 0 heterocycles. The molecule has 0 saturated heterocycles. The molecule has 0 aliphatic heterocycles. The van der Waals surface area contributed by atoms with Crippen molar-refractivity contribution in [3.63, 3.8) is 0 Å². The minimum absolute atomic E-state index is 0. The predicted molar refractivity (Wildman–Crippen MR) is 96.7 cm³/mol. The summed E-state index contributed by atoms with van der Waals surface area (Å²) in [5.74, 6) is 0.749. The lowest BCUT2D eigenvalue weighted by molar-refractivity contribution is 0.200. The van der Waals surface area contributed by atoms with Crippen LogP contribution in [-0.2, 0) is 0 Å². The van der Waals surface area contributed by atoms with E-state index in [0.717, 1.165) is 5.92 Å². The van der Waals surface area contributed by atoms with E-state index in [2.05, 4.69) is 27.7 Å². The Hall–Kier alpha value is -0.0800. The van der Waals surface area contributed by atoms with E-state index >= 15 is 0 Å². The van der Waals surface area contributed by atoms with Gasteiger partial charge < -0.3 is 11.2 Å². The highest BCUT2D eigenvalue weighted by molar-refractivity contribution is 4.90. The van der Waals surface area contributed by atoms with Crippen LogP contribution in [0.4, 0.5) is 0 Å². The van der Waals surface area contributed by atoms with E-state index in [0.29, 0.717) is 0 Å². The molecule has 0 aromatic rings. The number of hydrogen-bond acceptors (Lipinski definition) is 1. The summed E-state index contributed by atoms with van der Waals surface area (Å²) in [6.07, 6.45) is 17.2. The summed E-state index contributed by atoms with van der Waals surface area (Å²) in [5, 5.41) is 0. The summed E-state index contributed by atoms with van der Waals surface area (Å²) < 4.78 is 0. The zero-order chi connectivity index (χ0) is 15.3. The van der Waals surface area contributed by atoms with Crippen LogP contribution < -0.4 is 5.73 Å². The molecule has 1 atom stereocenters. The van der Waals surface area contributed by atoms with Crippen LogP contribution in [0.5, 0.6) is 0 Å². The lowest BCUT2D eigenvalue weighted by atomic mass is 9.73. The average Bonchev–Trinajstić information content (AvgIpc) is 2.42. The van der Waals surface area contributed by atoms with Gasteiger partial charge in [0.05, 0.1) is 0 Å². The van der Waals surface area contributed by atoms with Crippen molar-refractivity contribution < 1.29 is 5.48 Å². The third-order valence-electron chi connectivity index (χ3n) is 4.79. The fraction of sp³-hybridized carbons (Fsp3) is 1.00. The largest absolute Gasteiger partial charge is 0.412 e. The summed E-state index contributed by atoms with van der Waals surface area (Å²) in [7, 11) is 0. The van der Waals surface area contributed by atoms with E-state index < -0.39 is 0 Å². The van der Waals surface area contributed by atoms with E-state index in [1.807, 2.05) is 0 Å². The van der Waals surface area contributed by atoms with Crippen molar-refractivity contribution >= 4 is 0 Å². The molecule has 0 aromatic heterocycles. The second-order valence-corrected chi connectivity index (χ2v) is 6.78. The Morgan fingerprint density at radius 1 is 0.667 bits per heavy atom. The molecule has 2 nitrogen and oxygen atoms in total. The van der Waals surface area contributed by atoms with Gasteiger partial charge in [-0.2, -0.15) is 0 Å². The number of hydrogen-bond donors (Lipinski definition) is 1. The Kier molecular flexibility index (Phi) is 16.4. The lowest BCUT2D eigenvalue weighted by Crippen LogP contribution is -2.47. The molecular weight excluding hydrogens is 258 g/mol. The minimum atomic E-state index is 0. The molecule has 4 N–H and O–H groups in total. The quantitative estimate of drug-likeness (QED) is 0.415. The average molecular weight is 302 g/mol. The van der Waals surface area contributed by atoms with Gasteiger partial charge in [-0.1, -0.05) is 85.5 Å². The highest BCUT2D eigenvalue weighted by atomic mass is 16.0. The van der Waals surface area contributed by atoms with Gasteiger partial charge in [0.2, 0.25) is 0 Å². The highest BCUT2D eigenvalue weighted by Gasteiger charge is 2.31. The van der Waals surface area contributed by atoms with Crippen LogP contribution in [0.1, 0.15) is 111 Å². The van der Waals surface area contributed by atoms with Crippen molar-refractivity contribution in [3.05, 3.63) is 0 Å². The van der Waals surface area contributed by atoms with Crippen molar-refractivity contribution in [1.82, 2.24) is 0 Å². The van der Waals surface area contributed by atoms with E-state index in [9.17, 15) is 0 Å². The van der Waals surface area contributed by atoms with Gasteiger partial charge in [-0.25, -0.2) is 0 Å². The molecule has 21 heavy (non-hydrogen) atoms. The normalized spacial score (nSPS) is 13.0. The summed E-state index contributed by atoms with van der Waals surface area (Å²) in [6, 6.07) is 0. The molecular formula is C19H43NO. The molecule has 0 radical (unpaired) electrons. The zero-order valence-corrected chi connectivity index (χ0v) is 15.3. The molecule has 0 fully saturated rings. The summed E-state index contributed by atoms with van der Waals surface area (Å²) >= 11 is 0. The number of unbranched alkanes of at least 4 members (excludes halogenated alkanes) is 5. The van der Waals surface area contributed by atoms with Crippen molar-refractivity contribution in [2.24, 2.45) is 11.7 Å². The standard InChI is InChI=1S/C19H41N.H2O/c1-5-9-10-11-12-13-15-18(14-6-2)19(20,16-7-3)17-8-4;/h18H,5-17,20H2,1-4H3;1H2.